The first kappa shape index (κ1) is 17.0. The fourth-order valence-electron chi connectivity index (χ4n) is 1.87. The number of carbonyl (C=O) groups is 3. The van der Waals surface area contributed by atoms with Gasteiger partial charge in [-0.2, -0.15) is 0 Å². The Balaban J connectivity index is 2.00. The molecule has 0 amide bonds. The van der Waals surface area contributed by atoms with Crippen LogP contribution in [0.25, 0.3) is 6.08 Å². The molecule has 2 aromatic carbocycles. The normalized spacial score (nSPS) is 10.5. The zero-order chi connectivity index (χ0) is 17.5. The topological polar surface area (TPSA) is 101 Å². The lowest BCUT2D eigenvalue weighted by molar-refractivity contribution is -0.139. The first-order valence-electron chi connectivity index (χ1n) is 6.96. The molecule has 0 unspecified atom stereocenters. The summed E-state index contributed by atoms with van der Waals surface area (Å²) in [5.74, 6) is -1.96. The highest BCUT2D eigenvalue weighted by Gasteiger charge is 2.04. The highest BCUT2D eigenvalue weighted by molar-refractivity contribution is 6.06. The lowest BCUT2D eigenvalue weighted by Crippen LogP contribution is -2.09. The number of carboxylic acids is 2. The molecule has 6 nitrogen and oxygen atoms in total. The number of ether oxygens (including phenoxy) is 1. The van der Waals surface area contributed by atoms with E-state index in [9.17, 15) is 14.4 Å². The van der Waals surface area contributed by atoms with Gasteiger partial charge in [-0.15, -0.1) is 0 Å². The van der Waals surface area contributed by atoms with Crippen molar-refractivity contribution >= 4 is 23.8 Å². The lowest BCUT2D eigenvalue weighted by Gasteiger charge is -2.03. The van der Waals surface area contributed by atoms with E-state index in [-0.39, 0.29) is 11.3 Å². The van der Waals surface area contributed by atoms with Gasteiger partial charge in [-0.1, -0.05) is 18.2 Å². The van der Waals surface area contributed by atoms with E-state index in [1.54, 1.807) is 18.2 Å². The van der Waals surface area contributed by atoms with E-state index < -0.39 is 18.5 Å². The lowest BCUT2D eigenvalue weighted by atomic mass is 10.1. The van der Waals surface area contributed by atoms with Gasteiger partial charge < -0.3 is 14.9 Å². The van der Waals surface area contributed by atoms with Gasteiger partial charge in [0.2, 0.25) is 0 Å². The minimum absolute atomic E-state index is 0.176. The van der Waals surface area contributed by atoms with Crippen molar-refractivity contribution in [2.24, 2.45) is 0 Å². The molecule has 24 heavy (non-hydrogen) atoms. The number of ketones is 1. The number of aliphatic carboxylic acids is 1. The average molecular weight is 326 g/mol. The van der Waals surface area contributed by atoms with Crippen LogP contribution in [0.5, 0.6) is 5.75 Å². The third-order valence-corrected chi connectivity index (χ3v) is 3.09. The summed E-state index contributed by atoms with van der Waals surface area (Å²) in [4.78, 5) is 33.2. The molecule has 0 aliphatic carbocycles. The van der Waals surface area contributed by atoms with Crippen LogP contribution in [0, 0.1) is 0 Å². The minimum atomic E-state index is -1.08. The van der Waals surface area contributed by atoms with Crippen LogP contribution in [0.15, 0.2) is 54.6 Å². The van der Waals surface area contributed by atoms with Crippen LogP contribution in [0.3, 0.4) is 0 Å². The maximum atomic E-state index is 12.1. The number of aromatic carboxylic acids is 1. The number of benzene rings is 2. The molecule has 0 aliphatic heterocycles. The molecule has 2 aromatic rings. The Hall–Kier alpha value is -3.41. The van der Waals surface area contributed by atoms with Gasteiger partial charge in [-0.05, 0) is 48.0 Å². The molecule has 2 N–H and O–H groups in total. The highest BCUT2D eigenvalue weighted by atomic mass is 16.5. The predicted molar refractivity (Wildman–Crippen MR) is 86.3 cm³/mol. The molecule has 0 bridgehead atoms. The van der Waals surface area contributed by atoms with Crippen molar-refractivity contribution in [3.05, 3.63) is 71.3 Å². The molecule has 0 atom stereocenters. The second-order valence-corrected chi connectivity index (χ2v) is 4.83. The summed E-state index contributed by atoms with van der Waals surface area (Å²) >= 11 is 0. The number of carbonyl (C=O) groups excluding carboxylic acids is 1. The van der Waals surface area contributed by atoms with Crippen LogP contribution in [0.4, 0.5) is 0 Å². The first-order chi connectivity index (χ1) is 11.5. The molecule has 122 valence electrons. The Bertz CT molecular complexity index is 772. The van der Waals surface area contributed by atoms with Gasteiger partial charge in [-0.3, -0.25) is 4.79 Å². The molecule has 0 aliphatic rings. The molecule has 0 saturated heterocycles. The summed E-state index contributed by atoms with van der Waals surface area (Å²) < 4.78 is 4.99. The fourth-order valence-corrected chi connectivity index (χ4v) is 1.87. The molecule has 0 saturated carbocycles. The van der Waals surface area contributed by atoms with E-state index in [0.29, 0.717) is 16.9 Å². The van der Waals surface area contributed by atoms with Crippen molar-refractivity contribution in [1.82, 2.24) is 0 Å². The zero-order valence-corrected chi connectivity index (χ0v) is 12.5. The van der Waals surface area contributed by atoms with Crippen molar-refractivity contribution in [2.75, 3.05) is 6.61 Å². The van der Waals surface area contributed by atoms with Crippen LogP contribution in [0.1, 0.15) is 26.3 Å². The summed E-state index contributed by atoms with van der Waals surface area (Å²) in [6, 6.07) is 12.3. The van der Waals surface area contributed by atoms with Crippen molar-refractivity contribution in [1.29, 1.82) is 0 Å². The molecule has 0 heterocycles. The van der Waals surface area contributed by atoms with E-state index in [4.69, 9.17) is 14.9 Å². The molecule has 0 fully saturated rings. The van der Waals surface area contributed by atoms with E-state index >= 15 is 0 Å². The maximum Gasteiger partial charge on any atom is 0.341 e. The molecule has 0 aromatic heterocycles. The summed E-state index contributed by atoms with van der Waals surface area (Å²) in [6.07, 6.45) is 2.96. The molecule has 0 spiro atoms. The van der Waals surface area contributed by atoms with Crippen molar-refractivity contribution in [3.8, 4) is 5.75 Å². The monoisotopic (exact) mass is 326 g/mol. The van der Waals surface area contributed by atoms with Crippen molar-refractivity contribution < 1.29 is 29.3 Å². The second-order valence-electron chi connectivity index (χ2n) is 4.83. The number of hydrogen-bond acceptors (Lipinski definition) is 4. The van der Waals surface area contributed by atoms with Gasteiger partial charge in [0, 0.05) is 5.56 Å². The first-order valence-corrected chi connectivity index (χ1v) is 6.96. The van der Waals surface area contributed by atoms with Gasteiger partial charge in [0.1, 0.15) is 5.75 Å². The fraction of sp³-hybridized carbons (Fsp3) is 0.0556. The van der Waals surface area contributed by atoms with E-state index in [1.165, 1.54) is 42.5 Å². The Morgan fingerprint density at radius 2 is 1.46 bits per heavy atom. The maximum absolute atomic E-state index is 12.1. The molecular formula is C18H14O6. The third kappa shape index (κ3) is 4.81. The molecule has 0 radical (unpaired) electrons. The number of hydrogen-bond donors (Lipinski definition) is 2. The summed E-state index contributed by atoms with van der Waals surface area (Å²) in [7, 11) is 0. The summed E-state index contributed by atoms with van der Waals surface area (Å²) in [6.45, 7) is -0.445. The molecule has 6 heteroatoms. The van der Waals surface area contributed by atoms with Crippen molar-refractivity contribution in [3.63, 3.8) is 0 Å². The Morgan fingerprint density at radius 1 is 0.875 bits per heavy atom. The van der Waals surface area contributed by atoms with Gasteiger partial charge in [-0.25, -0.2) is 9.59 Å². The van der Waals surface area contributed by atoms with Gasteiger partial charge in [0.05, 0.1) is 5.56 Å². The van der Waals surface area contributed by atoms with Crippen LogP contribution in [0.2, 0.25) is 0 Å². The van der Waals surface area contributed by atoms with Crippen LogP contribution >= 0.6 is 0 Å². The number of carboxylic acid groups (broad SMARTS) is 2. The van der Waals surface area contributed by atoms with Crippen LogP contribution in [-0.4, -0.2) is 34.5 Å². The van der Waals surface area contributed by atoms with Crippen molar-refractivity contribution in [2.45, 2.75) is 0 Å². The van der Waals surface area contributed by atoms with Gasteiger partial charge >= 0.3 is 11.9 Å². The Labute approximate surface area is 137 Å². The predicted octanol–water partition coefficient (Wildman–Crippen LogP) is 2.74. The number of rotatable bonds is 7. The van der Waals surface area contributed by atoms with Gasteiger partial charge in [0.15, 0.2) is 12.4 Å². The van der Waals surface area contributed by atoms with E-state index in [2.05, 4.69) is 0 Å². The summed E-state index contributed by atoms with van der Waals surface area (Å²) in [5, 5.41) is 17.3. The molecule has 2 rings (SSSR count). The quantitative estimate of drug-likeness (QED) is 0.599. The van der Waals surface area contributed by atoms with E-state index in [0.717, 1.165) is 0 Å². The molecular weight excluding hydrogens is 312 g/mol. The second kappa shape index (κ2) is 7.73. The Kier molecular flexibility index (Phi) is 5.46. The SMILES string of the molecule is O=C(O)COc1ccc(C(=O)/C=C\c2ccc(C(=O)O)cc2)cc1. The zero-order valence-electron chi connectivity index (χ0n) is 12.5. The largest absolute Gasteiger partial charge is 0.482 e. The summed E-state index contributed by atoms with van der Waals surface area (Å²) in [5.41, 5.74) is 1.31. The minimum Gasteiger partial charge on any atom is -0.482 e. The average Bonchev–Trinajstić information content (AvgIpc) is 2.58. The Morgan fingerprint density at radius 3 is 2.00 bits per heavy atom. The smallest absolute Gasteiger partial charge is 0.341 e. The van der Waals surface area contributed by atoms with Gasteiger partial charge in [0.25, 0.3) is 0 Å². The highest BCUT2D eigenvalue weighted by Crippen LogP contribution is 2.14. The standard InChI is InChI=1S/C18H14O6/c19-16(10-3-12-1-4-14(5-2-12)18(22)23)13-6-8-15(9-7-13)24-11-17(20)21/h1-10H,11H2,(H,20,21)(H,22,23)/b10-3-. The van der Waals surface area contributed by atoms with E-state index in [1.807, 2.05) is 0 Å². The number of allylic oxidation sites excluding steroid dienone is 1. The van der Waals surface area contributed by atoms with Crippen LogP contribution in [-0.2, 0) is 4.79 Å². The third-order valence-electron chi connectivity index (χ3n) is 3.09. The van der Waals surface area contributed by atoms with Crippen LogP contribution < -0.4 is 4.74 Å².